The maximum absolute atomic E-state index is 13.4. The molecule has 0 aliphatic heterocycles. The van der Waals surface area contributed by atoms with Crippen molar-refractivity contribution in [2.75, 3.05) is 7.11 Å². The minimum atomic E-state index is -3.93. The number of aryl methyl sites for hydroxylation is 3. The zero-order valence-corrected chi connectivity index (χ0v) is 20.2. The summed E-state index contributed by atoms with van der Waals surface area (Å²) in [6.07, 6.45) is 0.224. The lowest BCUT2D eigenvalue weighted by Gasteiger charge is -2.21. The second-order valence-corrected chi connectivity index (χ2v) is 9.77. The van der Waals surface area contributed by atoms with Crippen molar-refractivity contribution in [1.82, 2.24) is 10.0 Å². The predicted octanol–water partition coefficient (Wildman–Crippen LogP) is 3.83. The lowest BCUT2D eigenvalue weighted by Crippen LogP contribution is -2.48. The van der Waals surface area contributed by atoms with E-state index in [2.05, 4.69) is 10.0 Å². The van der Waals surface area contributed by atoms with Crippen LogP contribution < -0.4 is 14.8 Å². The first-order valence-electron chi connectivity index (χ1n) is 10.7. The van der Waals surface area contributed by atoms with Crippen LogP contribution >= 0.6 is 0 Å². The molecule has 0 radical (unpaired) electrons. The van der Waals surface area contributed by atoms with Gasteiger partial charge in [0, 0.05) is 12.1 Å². The highest BCUT2D eigenvalue weighted by atomic mass is 32.2. The van der Waals surface area contributed by atoms with E-state index < -0.39 is 22.0 Å². The fourth-order valence-corrected chi connectivity index (χ4v) is 5.68. The van der Waals surface area contributed by atoms with Gasteiger partial charge in [-0.1, -0.05) is 66.2 Å². The van der Waals surface area contributed by atoms with Crippen LogP contribution in [0.15, 0.2) is 71.6 Å². The van der Waals surface area contributed by atoms with Crippen molar-refractivity contribution in [2.45, 2.75) is 44.7 Å². The van der Waals surface area contributed by atoms with Crippen LogP contribution in [0, 0.1) is 20.8 Å². The standard InChI is InChI=1S/C26H30N2O4S/c1-18-14-19(2)25(20(3)15-18)33(30,31)28-23(16-21-10-6-5-7-11-21)26(29)27-17-22-12-8-9-13-24(22)32-4/h5-15,23,28H,16-17H2,1-4H3,(H,27,29)/t23-/m0/s1. The largest absolute Gasteiger partial charge is 0.496 e. The summed E-state index contributed by atoms with van der Waals surface area (Å²) in [6, 6.07) is 19.4. The molecule has 6 nitrogen and oxygen atoms in total. The number of carbonyl (C=O) groups excluding carboxylic acids is 1. The van der Waals surface area contributed by atoms with Gasteiger partial charge in [-0.05, 0) is 49.9 Å². The molecule has 1 amide bonds. The zero-order chi connectivity index (χ0) is 24.0. The maximum atomic E-state index is 13.4. The van der Waals surface area contributed by atoms with Crippen molar-refractivity contribution >= 4 is 15.9 Å². The van der Waals surface area contributed by atoms with Gasteiger partial charge in [-0.15, -0.1) is 0 Å². The molecule has 0 spiro atoms. The van der Waals surface area contributed by atoms with Crippen LogP contribution in [-0.2, 0) is 27.8 Å². The van der Waals surface area contributed by atoms with Crippen molar-refractivity contribution in [2.24, 2.45) is 0 Å². The molecule has 174 valence electrons. The van der Waals surface area contributed by atoms with Gasteiger partial charge in [0.25, 0.3) is 0 Å². The number of hydrogen-bond acceptors (Lipinski definition) is 4. The Hall–Kier alpha value is -3.16. The van der Waals surface area contributed by atoms with E-state index in [1.165, 1.54) is 0 Å². The van der Waals surface area contributed by atoms with E-state index in [1.807, 2.05) is 73.7 Å². The van der Waals surface area contributed by atoms with Crippen LogP contribution in [-0.4, -0.2) is 27.5 Å². The van der Waals surface area contributed by atoms with E-state index in [4.69, 9.17) is 4.74 Å². The van der Waals surface area contributed by atoms with Crippen LogP contribution in [0.5, 0.6) is 5.75 Å². The zero-order valence-electron chi connectivity index (χ0n) is 19.4. The third kappa shape index (κ3) is 6.21. The normalized spacial score (nSPS) is 12.2. The molecule has 0 heterocycles. The lowest BCUT2D eigenvalue weighted by molar-refractivity contribution is -0.122. The molecule has 1 atom stereocenters. The lowest BCUT2D eigenvalue weighted by atomic mass is 10.1. The Kier molecular flexibility index (Phi) is 7.89. The number of methoxy groups -OCH3 is 1. The highest BCUT2D eigenvalue weighted by Gasteiger charge is 2.28. The highest BCUT2D eigenvalue weighted by molar-refractivity contribution is 7.89. The van der Waals surface area contributed by atoms with E-state index in [0.717, 1.165) is 16.7 Å². The molecule has 3 aromatic rings. The average molecular weight is 467 g/mol. The van der Waals surface area contributed by atoms with Gasteiger partial charge in [0.15, 0.2) is 0 Å². The van der Waals surface area contributed by atoms with Crippen molar-refractivity contribution in [1.29, 1.82) is 0 Å². The van der Waals surface area contributed by atoms with Crippen LogP contribution in [0.4, 0.5) is 0 Å². The molecule has 0 aromatic heterocycles. The Morgan fingerprint density at radius 2 is 1.55 bits per heavy atom. The van der Waals surface area contributed by atoms with Gasteiger partial charge < -0.3 is 10.1 Å². The second-order valence-electron chi connectivity index (χ2n) is 8.12. The van der Waals surface area contributed by atoms with Gasteiger partial charge >= 0.3 is 0 Å². The summed E-state index contributed by atoms with van der Waals surface area (Å²) in [7, 11) is -2.37. The Balaban J connectivity index is 1.87. The molecule has 0 saturated carbocycles. The van der Waals surface area contributed by atoms with Crippen molar-refractivity contribution in [3.8, 4) is 5.75 Å². The van der Waals surface area contributed by atoms with E-state index in [9.17, 15) is 13.2 Å². The van der Waals surface area contributed by atoms with Gasteiger partial charge in [0.2, 0.25) is 15.9 Å². The Morgan fingerprint density at radius 3 is 2.18 bits per heavy atom. The van der Waals surface area contributed by atoms with E-state index >= 15 is 0 Å². The molecule has 0 bridgehead atoms. The quantitative estimate of drug-likeness (QED) is 0.502. The minimum Gasteiger partial charge on any atom is -0.496 e. The molecule has 0 aliphatic rings. The molecule has 3 aromatic carbocycles. The van der Waals surface area contributed by atoms with Gasteiger partial charge in [0.05, 0.1) is 12.0 Å². The highest BCUT2D eigenvalue weighted by Crippen LogP contribution is 2.22. The molecule has 0 saturated heterocycles. The van der Waals surface area contributed by atoms with Crippen molar-refractivity contribution in [3.63, 3.8) is 0 Å². The topological polar surface area (TPSA) is 84.5 Å². The Labute approximate surface area is 196 Å². The molecule has 7 heteroatoms. The molecule has 0 unspecified atom stereocenters. The summed E-state index contributed by atoms with van der Waals surface area (Å²) in [4.78, 5) is 13.4. The number of benzene rings is 3. The number of para-hydroxylation sites is 1. The number of rotatable bonds is 9. The SMILES string of the molecule is COc1ccccc1CNC(=O)[C@H](Cc1ccccc1)NS(=O)(=O)c1c(C)cc(C)cc1C. The number of hydrogen-bond donors (Lipinski definition) is 2. The van der Waals surface area contributed by atoms with Crippen LogP contribution in [0.25, 0.3) is 0 Å². The predicted molar refractivity (Wildman–Crippen MR) is 130 cm³/mol. The van der Waals surface area contributed by atoms with Gasteiger partial charge in [0.1, 0.15) is 11.8 Å². The van der Waals surface area contributed by atoms with E-state index in [-0.39, 0.29) is 17.9 Å². The number of amides is 1. The summed E-state index contributed by atoms with van der Waals surface area (Å²) < 4.78 is 34.7. The fourth-order valence-electron chi connectivity index (χ4n) is 4.03. The number of carbonyl (C=O) groups is 1. The third-order valence-electron chi connectivity index (χ3n) is 5.42. The first-order chi connectivity index (χ1) is 15.7. The van der Waals surface area contributed by atoms with Crippen LogP contribution in [0.3, 0.4) is 0 Å². The first kappa shape index (κ1) is 24.5. The molecular formula is C26H30N2O4S. The first-order valence-corrected chi connectivity index (χ1v) is 12.2. The monoisotopic (exact) mass is 466 g/mol. The average Bonchev–Trinajstić information content (AvgIpc) is 2.76. The summed E-state index contributed by atoms with van der Waals surface area (Å²) in [5.74, 6) is 0.250. The molecule has 0 fully saturated rings. The molecule has 33 heavy (non-hydrogen) atoms. The van der Waals surface area contributed by atoms with E-state index in [1.54, 1.807) is 21.0 Å². The number of nitrogens with one attached hydrogen (secondary N) is 2. The Bertz CT molecular complexity index is 1200. The molecule has 2 N–H and O–H groups in total. The fraction of sp³-hybridized carbons (Fsp3) is 0.269. The molecule has 3 rings (SSSR count). The van der Waals surface area contributed by atoms with Crippen molar-refractivity contribution in [3.05, 3.63) is 94.5 Å². The summed E-state index contributed by atoms with van der Waals surface area (Å²) in [5, 5.41) is 2.86. The van der Waals surface area contributed by atoms with Gasteiger partial charge in [-0.3, -0.25) is 4.79 Å². The number of ether oxygens (including phenoxy) is 1. The molecular weight excluding hydrogens is 436 g/mol. The van der Waals surface area contributed by atoms with Gasteiger partial charge in [-0.2, -0.15) is 4.72 Å². The summed E-state index contributed by atoms with van der Waals surface area (Å²) in [6.45, 7) is 5.68. The summed E-state index contributed by atoms with van der Waals surface area (Å²) >= 11 is 0. The van der Waals surface area contributed by atoms with E-state index in [0.29, 0.717) is 16.9 Å². The van der Waals surface area contributed by atoms with Crippen LogP contribution in [0.2, 0.25) is 0 Å². The van der Waals surface area contributed by atoms with Crippen molar-refractivity contribution < 1.29 is 17.9 Å². The molecule has 0 aliphatic carbocycles. The van der Waals surface area contributed by atoms with Crippen LogP contribution in [0.1, 0.15) is 27.8 Å². The minimum absolute atomic E-state index is 0.212. The smallest absolute Gasteiger partial charge is 0.241 e. The van der Waals surface area contributed by atoms with Gasteiger partial charge in [-0.25, -0.2) is 8.42 Å². The Morgan fingerprint density at radius 1 is 0.939 bits per heavy atom. The maximum Gasteiger partial charge on any atom is 0.241 e. The summed E-state index contributed by atoms with van der Waals surface area (Å²) in [5.41, 5.74) is 3.94. The second kappa shape index (κ2) is 10.6. The third-order valence-corrected chi connectivity index (χ3v) is 7.19. The number of sulfonamides is 1.